The third-order valence-corrected chi connectivity index (χ3v) is 9.96. The monoisotopic (exact) mass is 348 g/mol. The number of ether oxygens (including phenoxy) is 1. The van der Waals surface area contributed by atoms with E-state index in [0.29, 0.717) is 12.4 Å². The molecule has 0 atom stereocenters. The summed E-state index contributed by atoms with van der Waals surface area (Å²) in [5.74, 6) is 0.655. The summed E-state index contributed by atoms with van der Waals surface area (Å²) in [6, 6.07) is 7.75. The first-order chi connectivity index (χ1) is 11.2. The number of hydrogen-bond donors (Lipinski definition) is 0. The van der Waals surface area contributed by atoms with Crippen molar-refractivity contribution in [3.05, 3.63) is 29.8 Å². The highest BCUT2D eigenvalue weighted by Crippen LogP contribution is 2.37. The summed E-state index contributed by atoms with van der Waals surface area (Å²) >= 11 is 0. The van der Waals surface area contributed by atoms with Crippen LogP contribution in [0.5, 0.6) is 5.75 Å². The molecule has 4 heteroatoms. The molecule has 0 spiro atoms. The molecular weight excluding hydrogens is 316 g/mol. The van der Waals surface area contributed by atoms with Crippen molar-refractivity contribution in [2.45, 2.75) is 77.6 Å². The van der Waals surface area contributed by atoms with Gasteiger partial charge in [0.1, 0.15) is 5.75 Å². The Balaban J connectivity index is 1.87. The zero-order chi connectivity index (χ0) is 17.8. The van der Waals surface area contributed by atoms with Crippen LogP contribution in [0.4, 0.5) is 0 Å². The van der Waals surface area contributed by atoms with Crippen LogP contribution in [0.1, 0.15) is 58.4 Å². The summed E-state index contributed by atoms with van der Waals surface area (Å²) in [7, 11) is -1.74. The highest BCUT2D eigenvalue weighted by atomic mass is 28.4. The van der Waals surface area contributed by atoms with E-state index in [2.05, 4.69) is 33.9 Å². The normalized spacial score (nSPS) is 16.9. The molecule has 0 aliphatic heterocycles. The Morgan fingerprint density at radius 1 is 1.08 bits per heavy atom. The lowest BCUT2D eigenvalue weighted by atomic mass is 9.89. The van der Waals surface area contributed by atoms with Crippen LogP contribution >= 0.6 is 0 Å². The van der Waals surface area contributed by atoms with Gasteiger partial charge in [-0.3, -0.25) is 4.79 Å². The summed E-state index contributed by atoms with van der Waals surface area (Å²) in [5.41, 5.74) is 1.12. The first-order valence-electron chi connectivity index (χ1n) is 9.14. The molecule has 0 bridgehead atoms. The average molecular weight is 349 g/mol. The highest BCUT2D eigenvalue weighted by Gasteiger charge is 2.37. The van der Waals surface area contributed by atoms with Crippen molar-refractivity contribution >= 4 is 14.3 Å². The molecule has 134 valence electrons. The minimum atomic E-state index is -1.74. The van der Waals surface area contributed by atoms with Crippen LogP contribution in [-0.2, 0) is 15.8 Å². The molecule has 24 heavy (non-hydrogen) atoms. The zero-order valence-electron chi connectivity index (χ0n) is 15.9. The molecule has 1 aliphatic rings. The van der Waals surface area contributed by atoms with Crippen molar-refractivity contribution in [1.29, 1.82) is 0 Å². The maximum absolute atomic E-state index is 12.2. The lowest BCUT2D eigenvalue weighted by molar-refractivity contribution is -0.139. The number of carbonyl (C=O) groups excluding carboxylic acids is 1. The number of hydrogen-bond acceptors (Lipinski definition) is 3. The lowest BCUT2D eigenvalue weighted by Gasteiger charge is -2.36. The molecule has 0 aromatic heterocycles. The fourth-order valence-corrected chi connectivity index (χ4v) is 3.63. The molecule has 3 nitrogen and oxygen atoms in total. The van der Waals surface area contributed by atoms with E-state index in [9.17, 15) is 4.79 Å². The second-order valence-corrected chi connectivity index (χ2v) is 13.3. The fraction of sp³-hybridized carbons (Fsp3) is 0.650. The second kappa shape index (κ2) is 7.83. The SMILES string of the molecule is CC(C)(C)[Si](C)(C)OCc1ccc(OC(=O)C2CCCCC2)cc1. The summed E-state index contributed by atoms with van der Waals surface area (Å²) in [6.07, 6.45) is 5.47. The van der Waals surface area contributed by atoms with Crippen LogP contribution in [0.15, 0.2) is 24.3 Å². The van der Waals surface area contributed by atoms with Crippen molar-refractivity contribution in [2.75, 3.05) is 0 Å². The van der Waals surface area contributed by atoms with E-state index in [4.69, 9.17) is 9.16 Å². The number of carbonyl (C=O) groups is 1. The lowest BCUT2D eigenvalue weighted by Crippen LogP contribution is -2.40. The van der Waals surface area contributed by atoms with Crippen LogP contribution in [0, 0.1) is 5.92 Å². The Labute approximate surface area is 147 Å². The molecule has 0 radical (unpaired) electrons. The van der Waals surface area contributed by atoms with E-state index in [0.717, 1.165) is 31.2 Å². The maximum atomic E-state index is 12.2. The first kappa shape index (κ1) is 19.2. The van der Waals surface area contributed by atoms with Crippen molar-refractivity contribution in [3.8, 4) is 5.75 Å². The molecule has 0 heterocycles. The van der Waals surface area contributed by atoms with Gasteiger partial charge in [-0.25, -0.2) is 0 Å². The Morgan fingerprint density at radius 3 is 2.21 bits per heavy atom. The molecule has 1 aromatic carbocycles. The quantitative estimate of drug-likeness (QED) is 0.389. The van der Waals surface area contributed by atoms with E-state index in [-0.39, 0.29) is 16.9 Å². The van der Waals surface area contributed by atoms with Crippen LogP contribution in [0.3, 0.4) is 0 Å². The highest BCUT2D eigenvalue weighted by molar-refractivity contribution is 6.74. The zero-order valence-corrected chi connectivity index (χ0v) is 16.9. The van der Waals surface area contributed by atoms with Gasteiger partial charge < -0.3 is 9.16 Å². The third kappa shape index (κ3) is 5.18. The van der Waals surface area contributed by atoms with Gasteiger partial charge in [0.05, 0.1) is 12.5 Å². The average Bonchev–Trinajstić information content (AvgIpc) is 2.54. The Kier molecular flexibility index (Phi) is 6.26. The third-order valence-electron chi connectivity index (χ3n) is 5.49. The Morgan fingerprint density at radius 2 is 1.67 bits per heavy atom. The number of benzene rings is 1. The Hall–Kier alpha value is -1.13. The van der Waals surface area contributed by atoms with E-state index in [1.54, 1.807) is 0 Å². The standard InChI is InChI=1S/C20H32O3Si/c1-20(2,3)24(4,5)22-15-16-11-13-18(14-12-16)23-19(21)17-9-7-6-8-10-17/h11-14,17H,6-10,15H2,1-5H3. The van der Waals surface area contributed by atoms with Crippen molar-refractivity contribution in [3.63, 3.8) is 0 Å². The molecule has 1 aliphatic carbocycles. The van der Waals surface area contributed by atoms with Crippen molar-refractivity contribution in [2.24, 2.45) is 5.92 Å². The smallest absolute Gasteiger partial charge is 0.314 e. The minimum Gasteiger partial charge on any atom is -0.426 e. The van der Waals surface area contributed by atoms with Gasteiger partial charge >= 0.3 is 5.97 Å². The molecular formula is C20H32O3Si. The van der Waals surface area contributed by atoms with Gasteiger partial charge in [-0.1, -0.05) is 52.2 Å². The molecule has 2 rings (SSSR count). The summed E-state index contributed by atoms with van der Waals surface area (Å²) in [5, 5.41) is 0.211. The van der Waals surface area contributed by atoms with Gasteiger partial charge in [0.15, 0.2) is 8.32 Å². The number of rotatable bonds is 5. The molecule has 0 amide bonds. The van der Waals surface area contributed by atoms with Crippen LogP contribution < -0.4 is 4.74 Å². The molecule has 1 aromatic rings. The Bertz CT molecular complexity index is 537. The minimum absolute atomic E-state index is 0.0695. The van der Waals surface area contributed by atoms with Crippen molar-refractivity contribution in [1.82, 2.24) is 0 Å². The molecule has 0 unspecified atom stereocenters. The van der Waals surface area contributed by atoms with E-state index in [1.807, 2.05) is 24.3 Å². The van der Waals surface area contributed by atoms with Gasteiger partial charge in [0.25, 0.3) is 0 Å². The molecule has 0 saturated heterocycles. The van der Waals surface area contributed by atoms with Crippen LogP contribution in [0.2, 0.25) is 18.1 Å². The predicted octanol–water partition coefficient (Wildman–Crippen LogP) is 5.69. The van der Waals surface area contributed by atoms with Crippen LogP contribution in [-0.4, -0.2) is 14.3 Å². The summed E-state index contributed by atoms with van der Waals surface area (Å²) in [4.78, 5) is 12.2. The predicted molar refractivity (Wildman–Crippen MR) is 101 cm³/mol. The second-order valence-electron chi connectivity index (χ2n) is 8.45. The van der Waals surface area contributed by atoms with E-state index < -0.39 is 8.32 Å². The van der Waals surface area contributed by atoms with Gasteiger partial charge in [0.2, 0.25) is 0 Å². The fourth-order valence-electron chi connectivity index (χ4n) is 2.67. The molecule has 0 N–H and O–H groups in total. The topological polar surface area (TPSA) is 35.5 Å². The number of esters is 1. The summed E-state index contributed by atoms with van der Waals surface area (Å²) < 4.78 is 11.8. The first-order valence-corrected chi connectivity index (χ1v) is 12.0. The van der Waals surface area contributed by atoms with Crippen LogP contribution in [0.25, 0.3) is 0 Å². The van der Waals surface area contributed by atoms with Gasteiger partial charge in [0, 0.05) is 0 Å². The van der Waals surface area contributed by atoms with Gasteiger partial charge in [-0.15, -0.1) is 0 Å². The van der Waals surface area contributed by atoms with E-state index >= 15 is 0 Å². The molecule has 1 saturated carbocycles. The largest absolute Gasteiger partial charge is 0.426 e. The molecule has 1 fully saturated rings. The maximum Gasteiger partial charge on any atom is 0.314 e. The van der Waals surface area contributed by atoms with Gasteiger partial charge in [-0.2, -0.15) is 0 Å². The van der Waals surface area contributed by atoms with E-state index in [1.165, 1.54) is 6.42 Å². The van der Waals surface area contributed by atoms with Gasteiger partial charge in [-0.05, 0) is 48.7 Å². The van der Waals surface area contributed by atoms with Crippen molar-refractivity contribution < 1.29 is 14.0 Å². The summed E-state index contributed by atoms with van der Waals surface area (Å²) in [6.45, 7) is 11.9.